The molecule has 0 bridgehead atoms. The van der Waals surface area contributed by atoms with Crippen LogP contribution in [-0.4, -0.2) is 57.4 Å². The standard InChI is InChI=1S/C24H32N4O2/c29-23(19-6-2-1-3-7-19)27-13-8-18(9-14-27)20-10-15-28-22(16-20)21(17-25-28)24(30)26-11-4-5-12-26/h10,15-19H,1-9,11-14H2. The van der Waals surface area contributed by atoms with E-state index in [0.29, 0.717) is 17.4 Å². The van der Waals surface area contributed by atoms with Gasteiger partial charge in [0.15, 0.2) is 0 Å². The first-order chi connectivity index (χ1) is 14.7. The van der Waals surface area contributed by atoms with E-state index in [-0.39, 0.29) is 11.8 Å². The molecule has 2 aromatic rings. The van der Waals surface area contributed by atoms with E-state index >= 15 is 0 Å². The lowest BCUT2D eigenvalue weighted by Crippen LogP contribution is -2.41. The van der Waals surface area contributed by atoms with Crippen molar-refractivity contribution in [3.63, 3.8) is 0 Å². The summed E-state index contributed by atoms with van der Waals surface area (Å²) < 4.78 is 1.81. The van der Waals surface area contributed by atoms with Gasteiger partial charge in [0.2, 0.25) is 5.91 Å². The van der Waals surface area contributed by atoms with Crippen LogP contribution < -0.4 is 0 Å². The highest BCUT2D eigenvalue weighted by molar-refractivity contribution is 6.00. The van der Waals surface area contributed by atoms with Crippen LogP contribution in [0.4, 0.5) is 0 Å². The number of rotatable bonds is 3. The van der Waals surface area contributed by atoms with Crippen molar-refractivity contribution in [2.75, 3.05) is 26.2 Å². The molecule has 1 saturated carbocycles. The monoisotopic (exact) mass is 408 g/mol. The Bertz CT molecular complexity index is 916. The third kappa shape index (κ3) is 3.72. The van der Waals surface area contributed by atoms with E-state index < -0.39 is 0 Å². The zero-order valence-electron chi connectivity index (χ0n) is 17.8. The number of pyridine rings is 1. The minimum Gasteiger partial charge on any atom is -0.342 e. The van der Waals surface area contributed by atoms with Gasteiger partial charge in [0.05, 0.1) is 17.3 Å². The van der Waals surface area contributed by atoms with Crippen molar-refractivity contribution in [1.29, 1.82) is 0 Å². The summed E-state index contributed by atoms with van der Waals surface area (Å²) in [6.45, 7) is 3.40. The summed E-state index contributed by atoms with van der Waals surface area (Å²) in [4.78, 5) is 29.8. The fourth-order valence-electron chi connectivity index (χ4n) is 5.55. The third-order valence-electron chi connectivity index (χ3n) is 7.40. The molecule has 2 amide bonds. The van der Waals surface area contributed by atoms with Gasteiger partial charge in [-0.2, -0.15) is 5.10 Å². The number of aromatic nitrogens is 2. The SMILES string of the molecule is O=C(c1cnn2ccc(C3CCN(C(=O)C4CCCCC4)CC3)cc12)N1CCCC1. The van der Waals surface area contributed by atoms with Gasteiger partial charge in [-0.05, 0) is 62.1 Å². The molecule has 3 fully saturated rings. The van der Waals surface area contributed by atoms with Crippen LogP contribution >= 0.6 is 0 Å². The van der Waals surface area contributed by atoms with Crippen LogP contribution in [-0.2, 0) is 4.79 Å². The first-order valence-corrected chi connectivity index (χ1v) is 11.8. The molecule has 160 valence electrons. The van der Waals surface area contributed by atoms with Crippen molar-refractivity contribution in [2.24, 2.45) is 5.92 Å². The maximum absolute atomic E-state index is 12.9. The molecule has 30 heavy (non-hydrogen) atoms. The van der Waals surface area contributed by atoms with Gasteiger partial charge in [0, 0.05) is 38.3 Å². The number of carbonyl (C=O) groups excluding carboxylic acids is 2. The van der Waals surface area contributed by atoms with Gasteiger partial charge in [-0.25, -0.2) is 4.52 Å². The number of hydrogen-bond acceptors (Lipinski definition) is 3. The molecule has 0 spiro atoms. The van der Waals surface area contributed by atoms with Crippen LogP contribution in [0.25, 0.3) is 5.52 Å². The van der Waals surface area contributed by atoms with Crippen molar-refractivity contribution in [1.82, 2.24) is 19.4 Å². The first-order valence-electron chi connectivity index (χ1n) is 11.8. The van der Waals surface area contributed by atoms with E-state index in [4.69, 9.17) is 0 Å². The third-order valence-corrected chi connectivity index (χ3v) is 7.40. The lowest BCUT2D eigenvalue weighted by Gasteiger charge is -2.35. The summed E-state index contributed by atoms with van der Waals surface area (Å²) in [5.74, 6) is 1.19. The summed E-state index contributed by atoms with van der Waals surface area (Å²) in [6.07, 6.45) is 13.7. The number of likely N-dealkylation sites (tertiary alicyclic amines) is 2. The van der Waals surface area contributed by atoms with Crippen LogP contribution in [0.1, 0.15) is 79.6 Å². The highest BCUT2D eigenvalue weighted by Crippen LogP contribution is 2.32. The van der Waals surface area contributed by atoms with Crippen LogP contribution in [0.2, 0.25) is 0 Å². The molecule has 6 heteroatoms. The molecule has 2 aromatic heterocycles. The molecular weight excluding hydrogens is 376 g/mol. The van der Waals surface area contributed by atoms with Gasteiger partial charge in [-0.1, -0.05) is 19.3 Å². The molecule has 2 aliphatic heterocycles. The average Bonchev–Trinajstić information content (AvgIpc) is 3.49. The molecule has 0 aromatic carbocycles. The highest BCUT2D eigenvalue weighted by Gasteiger charge is 2.30. The predicted molar refractivity (Wildman–Crippen MR) is 115 cm³/mol. The molecular formula is C24H32N4O2. The van der Waals surface area contributed by atoms with E-state index in [0.717, 1.165) is 70.2 Å². The van der Waals surface area contributed by atoms with Gasteiger partial charge >= 0.3 is 0 Å². The molecule has 0 unspecified atom stereocenters. The second-order valence-electron chi connectivity index (χ2n) is 9.28. The largest absolute Gasteiger partial charge is 0.342 e. The summed E-state index contributed by atoms with van der Waals surface area (Å²) in [5, 5.41) is 4.40. The maximum atomic E-state index is 12.9. The van der Waals surface area contributed by atoms with Crippen molar-refractivity contribution in [2.45, 2.75) is 63.7 Å². The van der Waals surface area contributed by atoms with Crippen LogP contribution in [0.3, 0.4) is 0 Å². The van der Waals surface area contributed by atoms with Crippen molar-refractivity contribution in [3.05, 3.63) is 35.7 Å². The first kappa shape index (κ1) is 19.6. The lowest BCUT2D eigenvalue weighted by molar-refractivity contribution is -0.137. The maximum Gasteiger partial charge on any atom is 0.257 e. The number of nitrogens with zero attached hydrogens (tertiary/aromatic N) is 4. The zero-order valence-corrected chi connectivity index (χ0v) is 17.8. The van der Waals surface area contributed by atoms with E-state index in [9.17, 15) is 9.59 Å². The van der Waals surface area contributed by atoms with E-state index in [1.54, 1.807) is 6.20 Å². The van der Waals surface area contributed by atoms with Crippen molar-refractivity contribution < 1.29 is 9.59 Å². The van der Waals surface area contributed by atoms with E-state index in [1.165, 1.54) is 24.8 Å². The second-order valence-corrected chi connectivity index (χ2v) is 9.28. The molecule has 0 N–H and O–H groups in total. The van der Waals surface area contributed by atoms with Gasteiger partial charge in [-0.15, -0.1) is 0 Å². The highest BCUT2D eigenvalue weighted by atomic mass is 16.2. The smallest absolute Gasteiger partial charge is 0.257 e. The van der Waals surface area contributed by atoms with Gasteiger partial charge in [0.1, 0.15) is 0 Å². The number of hydrogen-bond donors (Lipinski definition) is 0. The number of piperidine rings is 1. The van der Waals surface area contributed by atoms with Gasteiger partial charge in [0.25, 0.3) is 5.91 Å². The zero-order chi connectivity index (χ0) is 20.5. The minimum atomic E-state index is 0.104. The molecule has 5 rings (SSSR count). The molecule has 6 nitrogen and oxygen atoms in total. The number of fused-ring (bicyclic) bond motifs is 1. The quantitative estimate of drug-likeness (QED) is 0.775. The molecule has 1 aliphatic carbocycles. The Morgan fingerprint density at radius 2 is 1.60 bits per heavy atom. The van der Waals surface area contributed by atoms with Gasteiger partial charge < -0.3 is 9.80 Å². The minimum absolute atomic E-state index is 0.104. The summed E-state index contributed by atoms with van der Waals surface area (Å²) >= 11 is 0. The van der Waals surface area contributed by atoms with E-state index in [2.05, 4.69) is 22.1 Å². The normalized spacial score (nSPS) is 21.5. The Morgan fingerprint density at radius 1 is 0.867 bits per heavy atom. The summed E-state index contributed by atoms with van der Waals surface area (Å²) in [7, 11) is 0. The molecule has 3 aliphatic rings. The van der Waals surface area contributed by atoms with E-state index in [1.807, 2.05) is 15.6 Å². The Kier molecular flexibility index (Phi) is 5.48. The van der Waals surface area contributed by atoms with Crippen molar-refractivity contribution in [3.8, 4) is 0 Å². The Morgan fingerprint density at radius 3 is 2.33 bits per heavy atom. The fraction of sp³-hybridized carbons (Fsp3) is 0.625. The molecule has 0 radical (unpaired) electrons. The van der Waals surface area contributed by atoms with Gasteiger partial charge in [-0.3, -0.25) is 9.59 Å². The molecule has 4 heterocycles. The molecule has 0 atom stereocenters. The fourth-order valence-corrected chi connectivity index (χ4v) is 5.55. The Hall–Kier alpha value is -2.37. The Labute approximate surface area is 178 Å². The lowest BCUT2D eigenvalue weighted by atomic mass is 9.86. The summed E-state index contributed by atoms with van der Waals surface area (Å²) in [6, 6.07) is 4.28. The predicted octanol–water partition coefficient (Wildman–Crippen LogP) is 3.86. The van der Waals surface area contributed by atoms with Crippen LogP contribution in [0.5, 0.6) is 0 Å². The summed E-state index contributed by atoms with van der Waals surface area (Å²) in [5.41, 5.74) is 2.89. The van der Waals surface area contributed by atoms with Crippen LogP contribution in [0.15, 0.2) is 24.5 Å². The van der Waals surface area contributed by atoms with Crippen LogP contribution in [0, 0.1) is 5.92 Å². The second kappa shape index (κ2) is 8.40. The topological polar surface area (TPSA) is 57.9 Å². The Balaban J connectivity index is 1.28. The number of carbonyl (C=O) groups is 2. The number of amides is 2. The average molecular weight is 409 g/mol. The molecule has 2 saturated heterocycles. The van der Waals surface area contributed by atoms with Crippen molar-refractivity contribution >= 4 is 17.3 Å².